The second-order valence-electron chi connectivity index (χ2n) is 6.84. The second-order valence-corrected chi connectivity index (χ2v) is 6.84. The van der Waals surface area contributed by atoms with Gasteiger partial charge in [0.25, 0.3) is 0 Å². The van der Waals surface area contributed by atoms with E-state index >= 15 is 0 Å². The molecule has 2 aromatic carbocycles. The number of hydrogen-bond donors (Lipinski definition) is 1. The minimum Gasteiger partial charge on any atom is -0.338 e. The molecule has 4 heteroatoms. The van der Waals surface area contributed by atoms with E-state index in [0.29, 0.717) is 19.0 Å². The molecule has 0 aromatic heterocycles. The molecule has 25 heavy (non-hydrogen) atoms. The summed E-state index contributed by atoms with van der Waals surface area (Å²) in [6, 6.07) is 15.9. The van der Waals surface area contributed by atoms with Gasteiger partial charge in [-0.15, -0.1) is 0 Å². The molecule has 3 rings (SSSR count). The van der Waals surface area contributed by atoms with Crippen LogP contribution in [0.2, 0.25) is 0 Å². The molecule has 1 heterocycles. The van der Waals surface area contributed by atoms with Crippen molar-refractivity contribution in [1.29, 1.82) is 0 Å². The predicted molar refractivity (Wildman–Crippen MR) is 99.3 cm³/mol. The van der Waals surface area contributed by atoms with Crippen LogP contribution >= 0.6 is 0 Å². The van der Waals surface area contributed by atoms with Crippen molar-refractivity contribution in [3.8, 4) is 0 Å². The van der Waals surface area contributed by atoms with Gasteiger partial charge in [-0.2, -0.15) is 0 Å². The van der Waals surface area contributed by atoms with Crippen LogP contribution < -0.4 is 5.32 Å². The average molecular weight is 336 g/mol. The van der Waals surface area contributed by atoms with Gasteiger partial charge in [0.15, 0.2) is 0 Å². The highest BCUT2D eigenvalue weighted by molar-refractivity contribution is 6.03. The van der Waals surface area contributed by atoms with Gasteiger partial charge < -0.3 is 10.2 Å². The molecule has 0 spiro atoms. The highest BCUT2D eigenvalue weighted by Gasteiger charge is 2.22. The quantitative estimate of drug-likeness (QED) is 0.865. The molecule has 0 unspecified atom stereocenters. The monoisotopic (exact) mass is 336 g/mol. The van der Waals surface area contributed by atoms with Crippen molar-refractivity contribution in [2.45, 2.75) is 39.2 Å². The maximum Gasteiger partial charge on any atom is 0.233 e. The minimum absolute atomic E-state index is 0.117. The molecule has 4 nitrogen and oxygen atoms in total. The lowest BCUT2D eigenvalue weighted by atomic mass is 10.00. The molecule has 0 radical (unpaired) electrons. The van der Waals surface area contributed by atoms with Gasteiger partial charge in [0, 0.05) is 18.8 Å². The molecular weight excluding hydrogens is 312 g/mol. The molecule has 2 amide bonds. The summed E-state index contributed by atoms with van der Waals surface area (Å²) in [6.45, 7) is 5.52. The van der Waals surface area contributed by atoms with E-state index in [0.717, 1.165) is 12.1 Å². The minimum atomic E-state index is -0.263. The summed E-state index contributed by atoms with van der Waals surface area (Å²) < 4.78 is 0. The van der Waals surface area contributed by atoms with Gasteiger partial charge in [0.2, 0.25) is 11.8 Å². The highest BCUT2D eigenvalue weighted by Crippen LogP contribution is 2.20. The maximum absolute atomic E-state index is 12.4. The normalized spacial score (nSPS) is 13.5. The number of nitrogens with one attached hydrogen (secondary N) is 1. The van der Waals surface area contributed by atoms with E-state index in [4.69, 9.17) is 0 Å². The van der Waals surface area contributed by atoms with Gasteiger partial charge in [-0.25, -0.2) is 0 Å². The summed E-state index contributed by atoms with van der Waals surface area (Å²) in [5, 5.41) is 2.81. The molecule has 0 aliphatic carbocycles. The van der Waals surface area contributed by atoms with Gasteiger partial charge in [0.1, 0.15) is 6.42 Å². The van der Waals surface area contributed by atoms with Crippen LogP contribution in [0, 0.1) is 0 Å². The number of rotatable bonds is 4. The zero-order chi connectivity index (χ0) is 17.8. The van der Waals surface area contributed by atoms with E-state index in [9.17, 15) is 9.59 Å². The Balaban J connectivity index is 1.55. The summed E-state index contributed by atoms with van der Waals surface area (Å²) in [5.74, 6) is 0.0697. The van der Waals surface area contributed by atoms with Crippen molar-refractivity contribution in [3.05, 3.63) is 65.2 Å². The average Bonchev–Trinajstić information content (AvgIpc) is 2.61. The number of fused-ring (bicyclic) bond motifs is 1. The van der Waals surface area contributed by atoms with E-state index in [1.165, 1.54) is 16.7 Å². The molecule has 0 saturated carbocycles. The SMILES string of the molecule is CC(C)c1ccc(NC(=O)CC(=O)N2CCc3ccccc3C2)cc1. The third-order valence-electron chi connectivity index (χ3n) is 4.66. The summed E-state index contributed by atoms with van der Waals surface area (Å²) in [5.41, 5.74) is 4.42. The Morgan fingerprint density at radius 2 is 1.72 bits per heavy atom. The first-order valence-electron chi connectivity index (χ1n) is 8.77. The van der Waals surface area contributed by atoms with E-state index in [1.807, 2.05) is 42.5 Å². The van der Waals surface area contributed by atoms with E-state index in [1.54, 1.807) is 4.90 Å². The van der Waals surface area contributed by atoms with Crippen LogP contribution in [0.25, 0.3) is 0 Å². The summed E-state index contributed by atoms with van der Waals surface area (Å²) in [7, 11) is 0. The molecule has 0 fully saturated rings. The molecule has 130 valence electrons. The fraction of sp³-hybridized carbons (Fsp3) is 0.333. The highest BCUT2D eigenvalue weighted by atomic mass is 16.2. The van der Waals surface area contributed by atoms with Crippen molar-refractivity contribution in [1.82, 2.24) is 4.90 Å². The maximum atomic E-state index is 12.4. The van der Waals surface area contributed by atoms with Crippen molar-refractivity contribution >= 4 is 17.5 Å². The fourth-order valence-corrected chi connectivity index (χ4v) is 3.11. The predicted octanol–water partition coefficient (Wildman–Crippen LogP) is 3.72. The lowest BCUT2D eigenvalue weighted by molar-refractivity contribution is -0.135. The molecule has 0 bridgehead atoms. The van der Waals surface area contributed by atoms with Crippen LogP contribution in [-0.2, 0) is 22.6 Å². The number of amides is 2. The van der Waals surface area contributed by atoms with Gasteiger partial charge >= 0.3 is 0 Å². The molecule has 1 aliphatic heterocycles. The third-order valence-corrected chi connectivity index (χ3v) is 4.66. The topological polar surface area (TPSA) is 49.4 Å². The first-order valence-corrected chi connectivity index (χ1v) is 8.77. The largest absolute Gasteiger partial charge is 0.338 e. The van der Waals surface area contributed by atoms with Crippen LogP contribution in [0.1, 0.15) is 42.9 Å². The molecular formula is C21H24N2O2. The molecule has 0 saturated heterocycles. The van der Waals surface area contributed by atoms with Crippen LogP contribution in [0.5, 0.6) is 0 Å². The van der Waals surface area contributed by atoms with Gasteiger partial charge in [-0.05, 0) is 41.2 Å². The first kappa shape index (κ1) is 17.2. The molecule has 0 atom stereocenters. The van der Waals surface area contributed by atoms with E-state index in [-0.39, 0.29) is 18.2 Å². The fourth-order valence-electron chi connectivity index (χ4n) is 3.11. The Hall–Kier alpha value is -2.62. The Bertz CT molecular complexity index is 766. The Kier molecular flexibility index (Phi) is 5.17. The lowest BCUT2D eigenvalue weighted by Gasteiger charge is -2.28. The Morgan fingerprint density at radius 1 is 1.04 bits per heavy atom. The number of nitrogens with zero attached hydrogens (tertiary/aromatic N) is 1. The number of carbonyl (C=O) groups is 2. The lowest BCUT2D eigenvalue weighted by Crippen LogP contribution is -2.37. The summed E-state index contributed by atoms with van der Waals surface area (Å²) >= 11 is 0. The smallest absolute Gasteiger partial charge is 0.233 e. The second kappa shape index (κ2) is 7.51. The first-order chi connectivity index (χ1) is 12.0. The Labute approximate surface area is 148 Å². The standard InChI is InChI=1S/C21H24N2O2/c1-15(2)16-7-9-19(10-8-16)22-20(24)13-21(25)23-12-11-17-5-3-4-6-18(17)14-23/h3-10,15H,11-14H2,1-2H3,(H,22,24). The van der Waals surface area contributed by atoms with Crippen LogP contribution in [0.4, 0.5) is 5.69 Å². The van der Waals surface area contributed by atoms with Crippen LogP contribution in [0.15, 0.2) is 48.5 Å². The number of carbonyl (C=O) groups excluding carboxylic acids is 2. The van der Waals surface area contributed by atoms with Gasteiger partial charge in [-0.3, -0.25) is 9.59 Å². The van der Waals surface area contributed by atoms with Gasteiger partial charge in [0.05, 0.1) is 0 Å². The third kappa shape index (κ3) is 4.27. The van der Waals surface area contributed by atoms with Crippen LogP contribution in [-0.4, -0.2) is 23.3 Å². The molecule has 2 aromatic rings. The number of anilines is 1. The summed E-state index contributed by atoms with van der Waals surface area (Å²) in [6.07, 6.45) is 0.730. The Morgan fingerprint density at radius 3 is 2.40 bits per heavy atom. The molecule has 1 N–H and O–H groups in total. The van der Waals surface area contributed by atoms with Crippen molar-refractivity contribution in [3.63, 3.8) is 0 Å². The van der Waals surface area contributed by atoms with E-state index < -0.39 is 0 Å². The zero-order valence-electron chi connectivity index (χ0n) is 14.8. The van der Waals surface area contributed by atoms with Crippen molar-refractivity contribution in [2.75, 3.05) is 11.9 Å². The van der Waals surface area contributed by atoms with E-state index in [2.05, 4.69) is 25.2 Å². The van der Waals surface area contributed by atoms with Crippen molar-refractivity contribution < 1.29 is 9.59 Å². The number of benzene rings is 2. The number of hydrogen-bond acceptors (Lipinski definition) is 2. The zero-order valence-corrected chi connectivity index (χ0v) is 14.8. The summed E-state index contributed by atoms with van der Waals surface area (Å²) in [4.78, 5) is 26.4. The molecule has 1 aliphatic rings. The van der Waals surface area contributed by atoms with Gasteiger partial charge in [-0.1, -0.05) is 50.2 Å². The van der Waals surface area contributed by atoms with Crippen LogP contribution in [0.3, 0.4) is 0 Å². The van der Waals surface area contributed by atoms with Crippen molar-refractivity contribution in [2.24, 2.45) is 0 Å².